The van der Waals surface area contributed by atoms with E-state index in [9.17, 15) is 5.11 Å². The lowest BCUT2D eigenvalue weighted by molar-refractivity contribution is 0.0934. The van der Waals surface area contributed by atoms with E-state index in [1.165, 1.54) is 0 Å². The molecular formula is C17H29NO3. The van der Waals surface area contributed by atoms with Gasteiger partial charge in [0.1, 0.15) is 18.5 Å². The molecule has 3 N–H and O–H groups in total. The van der Waals surface area contributed by atoms with E-state index in [0.29, 0.717) is 13.0 Å². The summed E-state index contributed by atoms with van der Waals surface area (Å²) in [6.45, 7) is 9.04. The van der Waals surface area contributed by atoms with E-state index >= 15 is 0 Å². The first-order valence-corrected chi connectivity index (χ1v) is 7.63. The second-order valence-corrected chi connectivity index (χ2v) is 6.06. The second-order valence-electron chi connectivity index (χ2n) is 6.06. The molecule has 0 bridgehead atoms. The van der Waals surface area contributed by atoms with Crippen molar-refractivity contribution < 1.29 is 14.9 Å². The molecule has 21 heavy (non-hydrogen) atoms. The molecule has 4 heteroatoms. The topological polar surface area (TPSA) is 61.7 Å². The van der Waals surface area contributed by atoms with Gasteiger partial charge in [-0.2, -0.15) is 0 Å². The summed E-state index contributed by atoms with van der Waals surface area (Å²) in [5.74, 6) is 0.792. The monoisotopic (exact) mass is 295 g/mol. The van der Waals surface area contributed by atoms with Crippen LogP contribution in [-0.4, -0.2) is 41.6 Å². The standard InChI is InChI=1S/C17H29NO3/c1-5-17(4,6-7-19)18-11-15(20)12-21-16-9-13(2)8-14(3)10-16/h8-10,15,18-20H,5-7,11-12H2,1-4H3. The molecule has 0 heterocycles. The summed E-state index contributed by atoms with van der Waals surface area (Å²) < 4.78 is 5.65. The quantitative estimate of drug-likeness (QED) is 0.653. The average Bonchev–Trinajstić information content (AvgIpc) is 2.42. The van der Waals surface area contributed by atoms with Gasteiger partial charge in [-0.15, -0.1) is 0 Å². The molecule has 1 aromatic rings. The summed E-state index contributed by atoms with van der Waals surface area (Å²) in [7, 11) is 0. The summed E-state index contributed by atoms with van der Waals surface area (Å²) in [5, 5.41) is 22.4. The molecule has 4 nitrogen and oxygen atoms in total. The van der Waals surface area contributed by atoms with E-state index in [4.69, 9.17) is 9.84 Å². The molecule has 120 valence electrons. The fourth-order valence-electron chi connectivity index (χ4n) is 2.27. The summed E-state index contributed by atoms with van der Waals surface area (Å²) in [6.07, 6.45) is 1.00. The van der Waals surface area contributed by atoms with Crippen molar-refractivity contribution in [2.45, 2.75) is 52.2 Å². The number of benzene rings is 1. The van der Waals surface area contributed by atoms with Gasteiger partial charge >= 0.3 is 0 Å². The van der Waals surface area contributed by atoms with Crippen molar-refractivity contribution in [3.05, 3.63) is 29.3 Å². The van der Waals surface area contributed by atoms with E-state index in [2.05, 4.69) is 25.2 Å². The van der Waals surface area contributed by atoms with Gasteiger partial charge in [-0.25, -0.2) is 0 Å². The van der Waals surface area contributed by atoms with E-state index in [0.717, 1.165) is 23.3 Å². The molecule has 2 unspecified atom stereocenters. The zero-order valence-corrected chi connectivity index (χ0v) is 13.6. The van der Waals surface area contributed by atoms with E-state index in [1.54, 1.807) is 0 Å². The lowest BCUT2D eigenvalue weighted by Gasteiger charge is -2.30. The largest absolute Gasteiger partial charge is 0.491 e. The van der Waals surface area contributed by atoms with Crippen molar-refractivity contribution in [3.8, 4) is 5.75 Å². The minimum Gasteiger partial charge on any atom is -0.491 e. The van der Waals surface area contributed by atoms with Crippen LogP contribution in [0.25, 0.3) is 0 Å². The van der Waals surface area contributed by atoms with Crippen LogP contribution in [0.2, 0.25) is 0 Å². The molecule has 0 aliphatic carbocycles. The number of nitrogens with one attached hydrogen (secondary N) is 1. The summed E-state index contributed by atoms with van der Waals surface area (Å²) in [4.78, 5) is 0. The number of aliphatic hydroxyl groups is 2. The Hall–Kier alpha value is -1.10. The van der Waals surface area contributed by atoms with Gasteiger partial charge in [0.25, 0.3) is 0 Å². The van der Waals surface area contributed by atoms with Gasteiger partial charge in [0.05, 0.1) is 0 Å². The van der Waals surface area contributed by atoms with Crippen LogP contribution < -0.4 is 10.1 Å². The van der Waals surface area contributed by atoms with Crippen LogP contribution in [0.5, 0.6) is 5.75 Å². The summed E-state index contributed by atoms with van der Waals surface area (Å²) in [6, 6.07) is 6.02. The molecule has 0 amide bonds. The number of aliphatic hydroxyl groups excluding tert-OH is 2. The van der Waals surface area contributed by atoms with Crippen LogP contribution in [-0.2, 0) is 0 Å². The highest BCUT2D eigenvalue weighted by molar-refractivity contribution is 5.32. The minimum absolute atomic E-state index is 0.143. The third-order valence-electron chi connectivity index (χ3n) is 3.85. The van der Waals surface area contributed by atoms with Crippen LogP contribution in [0, 0.1) is 13.8 Å². The smallest absolute Gasteiger partial charge is 0.119 e. The van der Waals surface area contributed by atoms with E-state index in [1.807, 2.05) is 26.0 Å². The van der Waals surface area contributed by atoms with Crippen LogP contribution in [0.15, 0.2) is 18.2 Å². The number of hydrogen-bond acceptors (Lipinski definition) is 4. The predicted molar refractivity (Wildman–Crippen MR) is 85.8 cm³/mol. The van der Waals surface area contributed by atoms with Crippen molar-refractivity contribution in [2.24, 2.45) is 0 Å². The third kappa shape index (κ3) is 6.46. The maximum Gasteiger partial charge on any atom is 0.119 e. The number of ether oxygens (including phenoxy) is 1. The van der Waals surface area contributed by atoms with Crippen molar-refractivity contribution >= 4 is 0 Å². The zero-order valence-electron chi connectivity index (χ0n) is 13.6. The predicted octanol–water partition coefficient (Wildman–Crippen LogP) is 2.18. The lowest BCUT2D eigenvalue weighted by Crippen LogP contribution is -2.47. The third-order valence-corrected chi connectivity index (χ3v) is 3.85. The van der Waals surface area contributed by atoms with Gasteiger partial charge in [0.15, 0.2) is 0 Å². The molecule has 0 saturated heterocycles. The fourth-order valence-corrected chi connectivity index (χ4v) is 2.27. The summed E-state index contributed by atoms with van der Waals surface area (Å²) in [5.41, 5.74) is 2.16. The number of rotatable bonds is 9. The first kappa shape index (κ1) is 18.0. The first-order chi connectivity index (χ1) is 9.88. The highest BCUT2D eigenvalue weighted by Gasteiger charge is 2.21. The Balaban J connectivity index is 2.41. The Bertz CT molecular complexity index is 416. The van der Waals surface area contributed by atoms with Gasteiger partial charge in [-0.3, -0.25) is 0 Å². The highest BCUT2D eigenvalue weighted by atomic mass is 16.5. The maximum atomic E-state index is 10.0. The molecule has 0 aliphatic rings. The van der Waals surface area contributed by atoms with Crippen LogP contribution in [0.3, 0.4) is 0 Å². The Morgan fingerprint density at radius 2 is 1.86 bits per heavy atom. The van der Waals surface area contributed by atoms with E-state index in [-0.39, 0.29) is 18.8 Å². The van der Waals surface area contributed by atoms with Crippen molar-refractivity contribution in [3.63, 3.8) is 0 Å². The van der Waals surface area contributed by atoms with Crippen LogP contribution in [0.1, 0.15) is 37.8 Å². The molecular weight excluding hydrogens is 266 g/mol. The Labute approximate surface area is 128 Å². The molecule has 1 rings (SSSR count). The molecule has 0 radical (unpaired) electrons. The van der Waals surface area contributed by atoms with Gasteiger partial charge in [0, 0.05) is 18.7 Å². The SMILES string of the molecule is CCC(C)(CCO)NCC(O)COc1cc(C)cc(C)c1. The van der Waals surface area contributed by atoms with Gasteiger partial charge in [-0.05, 0) is 56.9 Å². The van der Waals surface area contributed by atoms with Crippen LogP contribution in [0.4, 0.5) is 0 Å². The van der Waals surface area contributed by atoms with Crippen LogP contribution >= 0.6 is 0 Å². The second kappa shape index (κ2) is 8.37. The Morgan fingerprint density at radius 3 is 2.38 bits per heavy atom. The maximum absolute atomic E-state index is 10.0. The lowest BCUT2D eigenvalue weighted by atomic mass is 9.95. The molecule has 0 aromatic heterocycles. The Kier molecular flexibility index (Phi) is 7.15. The normalized spacial score (nSPS) is 15.5. The van der Waals surface area contributed by atoms with Gasteiger partial charge in [0.2, 0.25) is 0 Å². The van der Waals surface area contributed by atoms with Crippen molar-refractivity contribution in [2.75, 3.05) is 19.8 Å². The molecule has 0 saturated carbocycles. The molecule has 2 atom stereocenters. The zero-order chi connectivity index (χ0) is 15.9. The minimum atomic E-state index is -0.574. The van der Waals surface area contributed by atoms with Gasteiger partial charge in [-0.1, -0.05) is 13.0 Å². The van der Waals surface area contributed by atoms with E-state index < -0.39 is 6.10 Å². The fraction of sp³-hybridized carbons (Fsp3) is 0.647. The molecule has 0 spiro atoms. The Morgan fingerprint density at radius 1 is 1.24 bits per heavy atom. The highest BCUT2D eigenvalue weighted by Crippen LogP contribution is 2.17. The number of hydrogen-bond donors (Lipinski definition) is 3. The van der Waals surface area contributed by atoms with Gasteiger partial charge < -0.3 is 20.3 Å². The average molecular weight is 295 g/mol. The molecule has 0 aliphatic heterocycles. The summed E-state index contributed by atoms with van der Waals surface area (Å²) >= 11 is 0. The molecule has 0 fully saturated rings. The first-order valence-electron chi connectivity index (χ1n) is 7.63. The van der Waals surface area contributed by atoms with Crippen molar-refractivity contribution in [1.82, 2.24) is 5.32 Å². The molecule has 1 aromatic carbocycles. The number of β-amino-alcohol motifs (C(OH)–C–C–N with tert-alkyl or cyclic N) is 1. The number of aryl methyl sites for hydroxylation is 2. The van der Waals surface area contributed by atoms with Crippen molar-refractivity contribution in [1.29, 1.82) is 0 Å².